The molecule has 0 bridgehead atoms. The number of hydrogen-bond acceptors (Lipinski definition) is 8. The molecule has 0 saturated carbocycles. The van der Waals surface area contributed by atoms with Gasteiger partial charge in [-0.1, -0.05) is 0 Å². The predicted molar refractivity (Wildman–Crippen MR) is 113 cm³/mol. The lowest BCUT2D eigenvalue weighted by Crippen LogP contribution is -2.38. The molecule has 0 fully saturated rings. The standard InChI is InChI=1S/C22H25NO8/c1-11(24)23-18-7-6-12-8-17(28-3)21(29-4)22(30-5)19(12)13-9-14(25)20(26)16(27-2)10-15(13)31-18/h8-10,18H,6-7H2,1-5H3,(H,23,24)(H,25,26)/t18-/m1/s1. The number of aromatic hydroxyl groups is 1. The van der Waals surface area contributed by atoms with Crippen molar-refractivity contribution in [2.45, 2.75) is 26.0 Å². The van der Waals surface area contributed by atoms with Crippen molar-refractivity contribution in [2.75, 3.05) is 28.4 Å². The fourth-order valence-corrected chi connectivity index (χ4v) is 3.63. The van der Waals surface area contributed by atoms with Crippen LogP contribution in [-0.2, 0) is 11.2 Å². The van der Waals surface area contributed by atoms with Gasteiger partial charge in [0.05, 0.1) is 28.4 Å². The molecular weight excluding hydrogens is 406 g/mol. The third-order valence-corrected chi connectivity index (χ3v) is 4.98. The Morgan fingerprint density at radius 3 is 2.29 bits per heavy atom. The van der Waals surface area contributed by atoms with E-state index in [1.54, 1.807) is 6.07 Å². The molecular formula is C22H25NO8. The maximum absolute atomic E-state index is 12.7. The molecule has 1 atom stereocenters. The monoisotopic (exact) mass is 431 g/mol. The average Bonchev–Trinajstić information content (AvgIpc) is 2.85. The van der Waals surface area contributed by atoms with Crippen LogP contribution < -0.4 is 34.4 Å². The van der Waals surface area contributed by atoms with Crippen LogP contribution in [0, 0.1) is 0 Å². The second kappa shape index (κ2) is 9.03. The van der Waals surface area contributed by atoms with Crippen molar-refractivity contribution < 1.29 is 33.6 Å². The largest absolute Gasteiger partial charge is 0.502 e. The van der Waals surface area contributed by atoms with Crippen LogP contribution in [0.2, 0.25) is 0 Å². The first-order valence-corrected chi connectivity index (χ1v) is 9.55. The highest BCUT2D eigenvalue weighted by Crippen LogP contribution is 2.50. The van der Waals surface area contributed by atoms with Gasteiger partial charge in [-0.2, -0.15) is 0 Å². The molecule has 2 N–H and O–H groups in total. The van der Waals surface area contributed by atoms with Crippen LogP contribution in [0.15, 0.2) is 23.0 Å². The molecule has 2 aromatic rings. The summed E-state index contributed by atoms with van der Waals surface area (Å²) in [6.07, 6.45) is 0.238. The van der Waals surface area contributed by atoms with E-state index < -0.39 is 17.4 Å². The molecule has 9 heteroatoms. The SMILES string of the molecule is COc1cc2c(c(OC)c1OC)-c1cc(=O)c(O)c(OC)cc1O[C@@H](NC(C)=O)CC2. The third-order valence-electron chi connectivity index (χ3n) is 4.98. The van der Waals surface area contributed by atoms with Gasteiger partial charge in [-0.25, -0.2) is 0 Å². The number of methoxy groups -OCH3 is 4. The summed E-state index contributed by atoms with van der Waals surface area (Å²) in [5.74, 6) is 0.494. The van der Waals surface area contributed by atoms with Crippen LogP contribution in [-0.4, -0.2) is 45.7 Å². The lowest BCUT2D eigenvalue weighted by molar-refractivity contribution is -0.121. The van der Waals surface area contributed by atoms with Crippen molar-refractivity contribution in [3.05, 3.63) is 34.0 Å². The van der Waals surface area contributed by atoms with Crippen LogP contribution in [0.25, 0.3) is 11.1 Å². The molecule has 1 aliphatic heterocycles. The van der Waals surface area contributed by atoms with E-state index in [0.717, 1.165) is 5.56 Å². The van der Waals surface area contributed by atoms with Crippen LogP contribution in [0.4, 0.5) is 0 Å². The highest BCUT2D eigenvalue weighted by Gasteiger charge is 2.28. The summed E-state index contributed by atoms with van der Waals surface area (Å²) in [4.78, 5) is 24.3. The molecule has 0 spiro atoms. The number of nitrogens with one attached hydrogen (secondary N) is 1. The summed E-state index contributed by atoms with van der Waals surface area (Å²) < 4.78 is 27.9. The van der Waals surface area contributed by atoms with Gasteiger partial charge in [-0.3, -0.25) is 9.59 Å². The molecule has 0 unspecified atom stereocenters. The summed E-state index contributed by atoms with van der Waals surface area (Å²) >= 11 is 0. The van der Waals surface area contributed by atoms with E-state index in [4.69, 9.17) is 23.7 Å². The number of ether oxygens (including phenoxy) is 5. The minimum Gasteiger partial charge on any atom is -0.502 e. The maximum Gasteiger partial charge on any atom is 0.224 e. The lowest BCUT2D eigenvalue weighted by Gasteiger charge is -2.27. The molecule has 166 valence electrons. The van der Waals surface area contributed by atoms with E-state index in [0.29, 0.717) is 41.2 Å². The maximum atomic E-state index is 12.7. The fraction of sp³-hybridized carbons (Fsp3) is 0.364. The zero-order valence-electron chi connectivity index (χ0n) is 18.0. The predicted octanol–water partition coefficient (Wildman–Crippen LogP) is 2.24. The third kappa shape index (κ3) is 4.16. The molecule has 0 aromatic heterocycles. The molecule has 1 heterocycles. The normalized spacial score (nSPS) is 14.7. The smallest absolute Gasteiger partial charge is 0.224 e. The number of rotatable bonds is 5. The van der Waals surface area contributed by atoms with Crippen molar-refractivity contribution in [1.82, 2.24) is 5.32 Å². The van der Waals surface area contributed by atoms with Crippen LogP contribution in [0.3, 0.4) is 0 Å². The number of aryl methyl sites for hydroxylation is 1. The molecule has 0 radical (unpaired) electrons. The van der Waals surface area contributed by atoms with Gasteiger partial charge in [0.15, 0.2) is 23.5 Å². The number of fused-ring (bicyclic) bond motifs is 3. The van der Waals surface area contributed by atoms with Crippen molar-refractivity contribution in [2.24, 2.45) is 0 Å². The molecule has 0 aliphatic carbocycles. The van der Waals surface area contributed by atoms with Gasteiger partial charge < -0.3 is 34.1 Å². The number of benzene rings is 1. The van der Waals surface area contributed by atoms with Gasteiger partial charge in [0.25, 0.3) is 0 Å². The van der Waals surface area contributed by atoms with Gasteiger partial charge >= 0.3 is 0 Å². The molecule has 2 aromatic carbocycles. The second-order valence-corrected chi connectivity index (χ2v) is 6.87. The van der Waals surface area contributed by atoms with E-state index >= 15 is 0 Å². The first-order valence-electron chi connectivity index (χ1n) is 9.55. The summed E-state index contributed by atoms with van der Waals surface area (Å²) in [6.45, 7) is 1.39. The molecule has 3 rings (SSSR count). The van der Waals surface area contributed by atoms with Gasteiger partial charge in [0, 0.05) is 36.6 Å². The van der Waals surface area contributed by atoms with Crippen molar-refractivity contribution in [3.8, 4) is 45.6 Å². The Kier molecular flexibility index (Phi) is 6.43. The van der Waals surface area contributed by atoms with Gasteiger partial charge in [-0.05, 0) is 18.1 Å². The minimum atomic E-state index is -0.673. The lowest BCUT2D eigenvalue weighted by atomic mass is 9.93. The van der Waals surface area contributed by atoms with Gasteiger partial charge in [0.2, 0.25) is 22.8 Å². The zero-order valence-corrected chi connectivity index (χ0v) is 18.0. The van der Waals surface area contributed by atoms with E-state index in [9.17, 15) is 14.7 Å². The Bertz CT molecular complexity index is 1070. The number of hydrogen-bond donors (Lipinski definition) is 2. The first kappa shape index (κ1) is 22.1. The van der Waals surface area contributed by atoms with Crippen LogP contribution in [0.5, 0.6) is 34.5 Å². The quantitative estimate of drug-likeness (QED) is 0.741. The number of carbonyl (C=O) groups excluding carboxylic acids is 1. The minimum absolute atomic E-state index is 0.0607. The molecule has 1 amide bonds. The van der Waals surface area contributed by atoms with Crippen LogP contribution in [0.1, 0.15) is 18.9 Å². The zero-order chi connectivity index (χ0) is 22.7. The van der Waals surface area contributed by atoms with Crippen LogP contribution >= 0.6 is 0 Å². The van der Waals surface area contributed by atoms with E-state index in [2.05, 4.69) is 5.32 Å². The second-order valence-electron chi connectivity index (χ2n) is 6.87. The van der Waals surface area contributed by atoms with Gasteiger partial charge in [0.1, 0.15) is 5.75 Å². The average molecular weight is 431 g/mol. The summed E-state index contributed by atoms with van der Waals surface area (Å²) in [5, 5.41) is 13.0. The number of carbonyl (C=O) groups is 1. The van der Waals surface area contributed by atoms with E-state index in [1.165, 1.54) is 47.5 Å². The summed E-state index contributed by atoms with van der Waals surface area (Å²) in [6, 6.07) is 4.45. The van der Waals surface area contributed by atoms with E-state index in [1.807, 2.05) is 0 Å². The molecule has 31 heavy (non-hydrogen) atoms. The number of amides is 1. The highest BCUT2D eigenvalue weighted by molar-refractivity contribution is 5.84. The Balaban J connectivity index is 2.42. The topological polar surface area (TPSA) is 113 Å². The molecule has 9 nitrogen and oxygen atoms in total. The van der Waals surface area contributed by atoms with Crippen molar-refractivity contribution in [1.29, 1.82) is 0 Å². The Labute approximate surface area is 179 Å². The van der Waals surface area contributed by atoms with Gasteiger partial charge in [-0.15, -0.1) is 0 Å². The van der Waals surface area contributed by atoms with Crippen molar-refractivity contribution in [3.63, 3.8) is 0 Å². The summed E-state index contributed by atoms with van der Waals surface area (Å²) in [7, 11) is 5.81. The first-order chi connectivity index (χ1) is 14.8. The Hall–Kier alpha value is -3.62. The van der Waals surface area contributed by atoms with E-state index in [-0.39, 0.29) is 17.4 Å². The van der Waals surface area contributed by atoms with Crippen molar-refractivity contribution >= 4 is 5.91 Å². The Morgan fingerprint density at radius 1 is 1.03 bits per heavy atom. The Morgan fingerprint density at radius 2 is 1.71 bits per heavy atom. The highest BCUT2D eigenvalue weighted by atomic mass is 16.5. The summed E-state index contributed by atoms with van der Waals surface area (Å²) in [5.41, 5.74) is 1.04. The molecule has 1 aliphatic rings. The molecule has 0 saturated heterocycles. The fourth-order valence-electron chi connectivity index (χ4n) is 3.63.